The average Bonchev–Trinajstić information content (AvgIpc) is 2.24. The molecule has 0 radical (unpaired) electrons. The third kappa shape index (κ3) is 9.21. The first kappa shape index (κ1) is 18.6. The minimum atomic E-state index is -4.07. The van der Waals surface area contributed by atoms with E-state index in [4.69, 9.17) is 4.74 Å². The number of hydrogen-bond acceptors (Lipinski definition) is 2. The second kappa shape index (κ2) is 8.04. The highest BCUT2D eigenvalue weighted by atomic mass is 19.3. The quantitative estimate of drug-likeness (QED) is 0.653. The van der Waals surface area contributed by atoms with Crippen molar-refractivity contribution < 1.29 is 22.3 Å². The lowest BCUT2D eigenvalue weighted by atomic mass is 9.89. The summed E-state index contributed by atoms with van der Waals surface area (Å²) in [4.78, 5) is 0. The van der Waals surface area contributed by atoms with Crippen LogP contribution < -0.4 is 5.32 Å². The van der Waals surface area contributed by atoms with Gasteiger partial charge in [-0.3, -0.25) is 0 Å². The van der Waals surface area contributed by atoms with E-state index in [-0.39, 0.29) is 18.1 Å². The maximum atomic E-state index is 12.7. The molecule has 0 bridgehead atoms. The van der Waals surface area contributed by atoms with Crippen molar-refractivity contribution >= 4 is 0 Å². The number of hydrogen-bond donors (Lipinski definition) is 1. The SMILES string of the molecule is CCNC(CCC(C)(C)C)COCC(F)(F)C(F)F. The van der Waals surface area contributed by atoms with Gasteiger partial charge in [0.05, 0.1) is 6.61 Å². The second-order valence-corrected chi connectivity index (χ2v) is 5.93. The van der Waals surface area contributed by atoms with Crippen LogP contribution in [0.25, 0.3) is 0 Å². The average molecular weight is 287 g/mol. The van der Waals surface area contributed by atoms with Crippen LogP contribution in [-0.2, 0) is 4.74 Å². The van der Waals surface area contributed by atoms with Crippen molar-refractivity contribution in [3.8, 4) is 0 Å². The lowest BCUT2D eigenvalue weighted by Crippen LogP contribution is -2.38. The Morgan fingerprint density at radius 2 is 1.74 bits per heavy atom. The van der Waals surface area contributed by atoms with Crippen molar-refractivity contribution in [1.82, 2.24) is 5.32 Å². The number of halogens is 4. The van der Waals surface area contributed by atoms with Crippen molar-refractivity contribution in [1.29, 1.82) is 0 Å². The molecule has 0 aromatic rings. The fourth-order valence-electron chi connectivity index (χ4n) is 1.54. The molecule has 0 heterocycles. The van der Waals surface area contributed by atoms with Crippen LogP contribution in [-0.4, -0.2) is 38.1 Å². The summed E-state index contributed by atoms with van der Waals surface area (Å²) < 4.78 is 54.0. The summed E-state index contributed by atoms with van der Waals surface area (Å²) in [5.74, 6) is -4.07. The zero-order valence-corrected chi connectivity index (χ0v) is 12.1. The van der Waals surface area contributed by atoms with Gasteiger partial charge in [-0.25, -0.2) is 8.78 Å². The van der Waals surface area contributed by atoms with Gasteiger partial charge in [-0.2, -0.15) is 8.78 Å². The number of nitrogens with one attached hydrogen (secondary N) is 1. The van der Waals surface area contributed by atoms with Crippen LogP contribution >= 0.6 is 0 Å². The number of ether oxygens (including phenoxy) is 1. The van der Waals surface area contributed by atoms with Gasteiger partial charge in [-0.05, 0) is 24.8 Å². The molecule has 0 saturated carbocycles. The molecule has 0 aliphatic carbocycles. The smallest absolute Gasteiger partial charge is 0.330 e. The van der Waals surface area contributed by atoms with E-state index in [1.807, 2.05) is 6.92 Å². The van der Waals surface area contributed by atoms with Crippen molar-refractivity contribution in [2.45, 2.75) is 58.9 Å². The molecular weight excluding hydrogens is 262 g/mol. The van der Waals surface area contributed by atoms with Gasteiger partial charge in [0, 0.05) is 6.04 Å². The van der Waals surface area contributed by atoms with Crippen LogP contribution in [0.4, 0.5) is 17.6 Å². The molecule has 1 N–H and O–H groups in total. The predicted octanol–water partition coefficient (Wildman–Crippen LogP) is 3.71. The van der Waals surface area contributed by atoms with E-state index < -0.39 is 19.0 Å². The number of rotatable bonds is 9. The summed E-state index contributed by atoms with van der Waals surface area (Å²) in [6.45, 7) is 7.63. The Labute approximate surface area is 112 Å². The van der Waals surface area contributed by atoms with Crippen LogP contribution in [0.5, 0.6) is 0 Å². The van der Waals surface area contributed by atoms with Crippen molar-refractivity contribution in [3.63, 3.8) is 0 Å². The van der Waals surface area contributed by atoms with E-state index in [9.17, 15) is 17.6 Å². The molecule has 0 aliphatic rings. The molecule has 0 fully saturated rings. The molecule has 1 atom stereocenters. The van der Waals surface area contributed by atoms with Crippen molar-refractivity contribution in [2.75, 3.05) is 19.8 Å². The summed E-state index contributed by atoms with van der Waals surface area (Å²) in [6, 6.07) is -0.0855. The summed E-state index contributed by atoms with van der Waals surface area (Å²) >= 11 is 0. The molecular formula is C13H25F4NO. The summed E-state index contributed by atoms with van der Waals surface area (Å²) in [7, 11) is 0. The molecule has 0 rings (SSSR count). The maximum absolute atomic E-state index is 12.7. The fraction of sp³-hybridized carbons (Fsp3) is 1.00. The molecule has 116 valence electrons. The molecule has 0 aliphatic heterocycles. The van der Waals surface area contributed by atoms with Gasteiger partial charge in [0.1, 0.15) is 6.61 Å². The van der Waals surface area contributed by atoms with Crippen LogP contribution in [0.15, 0.2) is 0 Å². The van der Waals surface area contributed by atoms with Gasteiger partial charge >= 0.3 is 12.3 Å². The molecule has 0 aromatic carbocycles. The Hall–Kier alpha value is -0.360. The first-order valence-electron chi connectivity index (χ1n) is 6.55. The zero-order chi connectivity index (χ0) is 15.1. The minimum Gasteiger partial charge on any atom is -0.373 e. The summed E-state index contributed by atoms with van der Waals surface area (Å²) in [5, 5.41) is 3.11. The Morgan fingerprint density at radius 3 is 2.16 bits per heavy atom. The van der Waals surface area contributed by atoms with Gasteiger partial charge in [0.2, 0.25) is 0 Å². The van der Waals surface area contributed by atoms with Gasteiger partial charge in [0.25, 0.3) is 0 Å². The standard InChI is InChI=1S/C13H25F4NO/c1-5-18-10(6-7-12(2,3)4)8-19-9-13(16,17)11(14)15/h10-11,18H,5-9H2,1-4H3. The molecule has 0 aromatic heterocycles. The minimum absolute atomic E-state index is 0.0201. The Bertz CT molecular complexity index is 241. The number of alkyl halides is 4. The molecule has 19 heavy (non-hydrogen) atoms. The first-order chi connectivity index (χ1) is 8.58. The lowest BCUT2D eigenvalue weighted by molar-refractivity contribution is -0.167. The van der Waals surface area contributed by atoms with Crippen LogP contribution in [0.1, 0.15) is 40.5 Å². The molecule has 0 spiro atoms. The Balaban J connectivity index is 4.08. The maximum Gasteiger partial charge on any atom is 0.330 e. The monoisotopic (exact) mass is 287 g/mol. The van der Waals surface area contributed by atoms with Gasteiger partial charge < -0.3 is 10.1 Å². The van der Waals surface area contributed by atoms with Gasteiger partial charge in [-0.15, -0.1) is 0 Å². The highest BCUT2D eigenvalue weighted by Crippen LogP contribution is 2.24. The van der Waals surface area contributed by atoms with Crippen LogP contribution in [0.3, 0.4) is 0 Å². The van der Waals surface area contributed by atoms with Gasteiger partial charge in [-0.1, -0.05) is 27.7 Å². The van der Waals surface area contributed by atoms with E-state index in [2.05, 4.69) is 26.1 Å². The Morgan fingerprint density at radius 1 is 1.16 bits per heavy atom. The third-order valence-corrected chi connectivity index (χ3v) is 2.67. The first-order valence-corrected chi connectivity index (χ1v) is 6.55. The third-order valence-electron chi connectivity index (χ3n) is 2.67. The highest BCUT2D eigenvalue weighted by molar-refractivity contribution is 4.73. The number of likely N-dealkylation sites (N-methyl/N-ethyl adjacent to an activating group) is 1. The van der Waals surface area contributed by atoms with E-state index in [1.54, 1.807) is 0 Å². The normalized spacial score (nSPS) is 15.0. The van der Waals surface area contributed by atoms with E-state index in [1.165, 1.54) is 0 Å². The molecule has 2 nitrogen and oxygen atoms in total. The Kier molecular flexibility index (Phi) is 7.89. The fourth-order valence-corrected chi connectivity index (χ4v) is 1.54. The molecule has 0 saturated heterocycles. The van der Waals surface area contributed by atoms with Crippen LogP contribution in [0, 0.1) is 5.41 Å². The summed E-state index contributed by atoms with van der Waals surface area (Å²) in [6.07, 6.45) is -2.02. The van der Waals surface area contributed by atoms with E-state index in [0.717, 1.165) is 12.8 Å². The summed E-state index contributed by atoms with van der Waals surface area (Å²) in [5.41, 5.74) is 0.139. The zero-order valence-electron chi connectivity index (χ0n) is 12.1. The second-order valence-electron chi connectivity index (χ2n) is 5.93. The van der Waals surface area contributed by atoms with Gasteiger partial charge in [0.15, 0.2) is 0 Å². The lowest BCUT2D eigenvalue weighted by Gasteiger charge is -2.24. The molecule has 6 heteroatoms. The van der Waals surface area contributed by atoms with E-state index in [0.29, 0.717) is 6.54 Å². The highest BCUT2D eigenvalue weighted by Gasteiger charge is 2.41. The van der Waals surface area contributed by atoms with Crippen molar-refractivity contribution in [3.05, 3.63) is 0 Å². The topological polar surface area (TPSA) is 21.3 Å². The molecule has 0 amide bonds. The largest absolute Gasteiger partial charge is 0.373 e. The van der Waals surface area contributed by atoms with Crippen molar-refractivity contribution in [2.24, 2.45) is 5.41 Å². The van der Waals surface area contributed by atoms with Crippen LogP contribution in [0.2, 0.25) is 0 Å². The van der Waals surface area contributed by atoms with E-state index >= 15 is 0 Å². The molecule has 1 unspecified atom stereocenters. The predicted molar refractivity (Wildman–Crippen MR) is 67.9 cm³/mol.